The smallest absolute Gasteiger partial charge is 0.0831 e. The van der Waals surface area contributed by atoms with Crippen LogP contribution in [0.3, 0.4) is 0 Å². The zero-order chi connectivity index (χ0) is 14.5. The fourth-order valence-electron chi connectivity index (χ4n) is 2.56. The second kappa shape index (κ2) is 7.06. The highest BCUT2D eigenvalue weighted by Gasteiger charge is 2.34. The van der Waals surface area contributed by atoms with Crippen molar-refractivity contribution in [2.45, 2.75) is 71.6 Å². The Morgan fingerprint density at radius 3 is 2.37 bits per heavy atom. The molecule has 0 spiro atoms. The monoisotopic (exact) mass is 267 g/mol. The predicted octanol–water partition coefficient (Wildman–Crippen LogP) is 2.93. The Bertz CT molecular complexity index is 369. The fourth-order valence-corrected chi connectivity index (χ4v) is 2.56. The average molecular weight is 267 g/mol. The van der Waals surface area contributed by atoms with Crippen molar-refractivity contribution in [1.29, 1.82) is 0 Å². The van der Waals surface area contributed by atoms with Crippen LogP contribution >= 0.6 is 0 Å². The average Bonchev–Trinajstić information content (AvgIpc) is 2.84. The zero-order valence-electron chi connectivity index (χ0n) is 13.0. The standard InChI is InChI=1S/C15H29N3O/c1-6-15(7-2,19-8-3)14(16)11-13-9-10-18(17-13)12(4)5/h9-10,12,14H,6-8,11,16H2,1-5H3. The SMILES string of the molecule is CCOC(CC)(CC)C(N)Cc1ccn(C(C)C)n1. The molecule has 0 aromatic carbocycles. The zero-order valence-corrected chi connectivity index (χ0v) is 13.0. The van der Waals surface area contributed by atoms with Crippen LogP contribution in [0.5, 0.6) is 0 Å². The molecule has 1 unspecified atom stereocenters. The molecule has 0 radical (unpaired) electrons. The summed E-state index contributed by atoms with van der Waals surface area (Å²) in [6, 6.07) is 2.43. The van der Waals surface area contributed by atoms with Gasteiger partial charge in [-0.1, -0.05) is 13.8 Å². The molecule has 0 aliphatic heterocycles. The molecular weight excluding hydrogens is 238 g/mol. The summed E-state index contributed by atoms with van der Waals surface area (Å²) in [7, 11) is 0. The van der Waals surface area contributed by atoms with E-state index >= 15 is 0 Å². The molecule has 1 aromatic rings. The lowest BCUT2D eigenvalue weighted by Gasteiger charge is -2.37. The number of nitrogens with two attached hydrogens (primary N) is 1. The molecule has 0 saturated heterocycles. The number of rotatable bonds is 8. The Morgan fingerprint density at radius 1 is 1.32 bits per heavy atom. The molecule has 0 aliphatic rings. The van der Waals surface area contributed by atoms with Crippen LogP contribution in [0.2, 0.25) is 0 Å². The largest absolute Gasteiger partial charge is 0.374 e. The lowest BCUT2D eigenvalue weighted by atomic mass is 9.86. The van der Waals surface area contributed by atoms with Crippen molar-refractivity contribution in [3.8, 4) is 0 Å². The van der Waals surface area contributed by atoms with Crippen LogP contribution in [0.15, 0.2) is 12.3 Å². The van der Waals surface area contributed by atoms with Gasteiger partial charge >= 0.3 is 0 Å². The van der Waals surface area contributed by atoms with E-state index in [1.807, 2.05) is 17.8 Å². The van der Waals surface area contributed by atoms with Gasteiger partial charge in [-0.15, -0.1) is 0 Å². The third kappa shape index (κ3) is 3.80. The van der Waals surface area contributed by atoms with E-state index in [1.54, 1.807) is 0 Å². The van der Waals surface area contributed by atoms with Gasteiger partial charge in [-0.3, -0.25) is 4.68 Å². The third-order valence-corrected chi connectivity index (χ3v) is 3.93. The van der Waals surface area contributed by atoms with Gasteiger partial charge in [0.05, 0.1) is 11.3 Å². The van der Waals surface area contributed by atoms with Crippen molar-refractivity contribution in [2.75, 3.05) is 6.61 Å². The molecule has 19 heavy (non-hydrogen) atoms. The minimum Gasteiger partial charge on any atom is -0.374 e. The Morgan fingerprint density at radius 2 is 1.95 bits per heavy atom. The molecule has 2 N–H and O–H groups in total. The number of nitrogens with zero attached hydrogens (tertiary/aromatic N) is 2. The van der Waals surface area contributed by atoms with Gasteiger partial charge in [-0.05, 0) is 39.7 Å². The molecule has 0 fully saturated rings. The summed E-state index contributed by atoms with van der Waals surface area (Å²) < 4.78 is 7.93. The van der Waals surface area contributed by atoms with Gasteiger partial charge in [0.15, 0.2) is 0 Å². The van der Waals surface area contributed by atoms with E-state index in [1.165, 1.54) is 0 Å². The van der Waals surface area contributed by atoms with Gasteiger partial charge in [0.2, 0.25) is 0 Å². The minimum atomic E-state index is -0.226. The number of ether oxygens (including phenoxy) is 1. The van der Waals surface area contributed by atoms with Crippen LogP contribution in [0.4, 0.5) is 0 Å². The summed E-state index contributed by atoms with van der Waals surface area (Å²) in [4.78, 5) is 0. The first-order valence-electron chi connectivity index (χ1n) is 7.42. The lowest BCUT2D eigenvalue weighted by molar-refractivity contribution is -0.0635. The maximum Gasteiger partial charge on any atom is 0.0831 e. The minimum absolute atomic E-state index is 0.0158. The van der Waals surface area contributed by atoms with Crippen molar-refractivity contribution >= 4 is 0 Å². The summed E-state index contributed by atoms with van der Waals surface area (Å²) in [6.45, 7) is 11.3. The molecule has 1 rings (SSSR count). The molecule has 1 heterocycles. The maximum atomic E-state index is 6.40. The summed E-state index contributed by atoms with van der Waals surface area (Å²) >= 11 is 0. The molecular formula is C15H29N3O. The Labute approximate surface area is 117 Å². The van der Waals surface area contributed by atoms with Crippen molar-refractivity contribution in [1.82, 2.24) is 9.78 Å². The topological polar surface area (TPSA) is 53.1 Å². The molecule has 0 amide bonds. The molecule has 1 atom stereocenters. The number of hydrogen-bond acceptors (Lipinski definition) is 3. The molecule has 4 nitrogen and oxygen atoms in total. The maximum absolute atomic E-state index is 6.40. The Kier molecular flexibility index (Phi) is 6.01. The highest BCUT2D eigenvalue weighted by Crippen LogP contribution is 2.25. The van der Waals surface area contributed by atoms with Gasteiger partial charge in [0, 0.05) is 31.3 Å². The van der Waals surface area contributed by atoms with Crippen LogP contribution in [0, 0.1) is 0 Å². The van der Waals surface area contributed by atoms with Crippen molar-refractivity contribution in [3.05, 3.63) is 18.0 Å². The van der Waals surface area contributed by atoms with E-state index in [0.29, 0.717) is 12.6 Å². The van der Waals surface area contributed by atoms with Crippen molar-refractivity contribution in [3.63, 3.8) is 0 Å². The first-order chi connectivity index (χ1) is 8.99. The van der Waals surface area contributed by atoms with E-state index in [2.05, 4.69) is 38.9 Å². The molecule has 0 aliphatic carbocycles. The van der Waals surface area contributed by atoms with E-state index in [-0.39, 0.29) is 11.6 Å². The van der Waals surface area contributed by atoms with E-state index in [4.69, 9.17) is 10.5 Å². The Hall–Kier alpha value is -0.870. The summed E-state index contributed by atoms with van der Waals surface area (Å²) in [5, 5.41) is 4.57. The summed E-state index contributed by atoms with van der Waals surface area (Å²) in [5.74, 6) is 0. The fraction of sp³-hybridized carbons (Fsp3) is 0.800. The van der Waals surface area contributed by atoms with Crippen molar-refractivity contribution < 1.29 is 4.74 Å². The summed E-state index contributed by atoms with van der Waals surface area (Å²) in [6.07, 6.45) is 4.65. The predicted molar refractivity (Wildman–Crippen MR) is 79.2 cm³/mol. The first kappa shape index (κ1) is 16.2. The molecule has 0 saturated carbocycles. The van der Waals surface area contributed by atoms with Crippen LogP contribution in [0.25, 0.3) is 0 Å². The van der Waals surface area contributed by atoms with Crippen LogP contribution in [-0.4, -0.2) is 28.0 Å². The van der Waals surface area contributed by atoms with Crippen LogP contribution < -0.4 is 5.73 Å². The highest BCUT2D eigenvalue weighted by molar-refractivity contribution is 5.05. The Balaban J connectivity index is 2.77. The second-order valence-electron chi connectivity index (χ2n) is 5.40. The van der Waals surface area contributed by atoms with Gasteiger partial charge in [0.1, 0.15) is 0 Å². The van der Waals surface area contributed by atoms with Gasteiger partial charge in [0.25, 0.3) is 0 Å². The van der Waals surface area contributed by atoms with Crippen LogP contribution in [-0.2, 0) is 11.2 Å². The number of hydrogen-bond donors (Lipinski definition) is 1. The lowest BCUT2D eigenvalue weighted by Crippen LogP contribution is -2.50. The summed E-state index contributed by atoms with van der Waals surface area (Å²) in [5.41, 5.74) is 7.23. The van der Waals surface area contributed by atoms with Gasteiger partial charge in [-0.2, -0.15) is 5.10 Å². The second-order valence-corrected chi connectivity index (χ2v) is 5.40. The third-order valence-electron chi connectivity index (χ3n) is 3.93. The van der Waals surface area contributed by atoms with E-state index < -0.39 is 0 Å². The van der Waals surface area contributed by atoms with E-state index in [0.717, 1.165) is 25.0 Å². The first-order valence-corrected chi connectivity index (χ1v) is 7.42. The molecule has 110 valence electrons. The highest BCUT2D eigenvalue weighted by atomic mass is 16.5. The number of aromatic nitrogens is 2. The van der Waals surface area contributed by atoms with Gasteiger partial charge in [-0.25, -0.2) is 0 Å². The molecule has 1 aromatic heterocycles. The molecule has 4 heteroatoms. The molecule has 0 bridgehead atoms. The van der Waals surface area contributed by atoms with Gasteiger partial charge < -0.3 is 10.5 Å². The van der Waals surface area contributed by atoms with Crippen LogP contribution in [0.1, 0.15) is 59.2 Å². The van der Waals surface area contributed by atoms with E-state index in [9.17, 15) is 0 Å². The van der Waals surface area contributed by atoms with Crippen molar-refractivity contribution in [2.24, 2.45) is 5.73 Å². The quantitative estimate of drug-likeness (QED) is 0.788. The normalized spacial score (nSPS) is 14.1.